The summed E-state index contributed by atoms with van der Waals surface area (Å²) < 4.78 is 5.98. The summed E-state index contributed by atoms with van der Waals surface area (Å²) in [6.07, 6.45) is 5.26. The highest BCUT2D eigenvalue weighted by molar-refractivity contribution is 5.94. The summed E-state index contributed by atoms with van der Waals surface area (Å²) in [4.78, 5) is 16.7. The van der Waals surface area contributed by atoms with Gasteiger partial charge in [-0.25, -0.2) is 0 Å². The molecule has 1 aromatic heterocycles. The van der Waals surface area contributed by atoms with Crippen molar-refractivity contribution in [2.45, 2.75) is 30.4 Å². The number of methoxy groups -OCH3 is 1. The number of benzene rings is 1. The quantitative estimate of drug-likeness (QED) is 0.901. The van der Waals surface area contributed by atoms with Gasteiger partial charge in [0.1, 0.15) is 0 Å². The largest absolute Gasteiger partial charge is 0.378 e. The van der Waals surface area contributed by atoms with Crippen LogP contribution in [0.4, 0.5) is 0 Å². The normalized spacial score (nSPS) is 24.0. The van der Waals surface area contributed by atoms with Crippen molar-refractivity contribution in [2.24, 2.45) is 0 Å². The smallest absolute Gasteiger partial charge is 0.251 e. The van der Waals surface area contributed by atoms with Gasteiger partial charge < -0.3 is 15.4 Å². The van der Waals surface area contributed by atoms with Gasteiger partial charge in [0.15, 0.2) is 0 Å². The zero-order chi connectivity index (χ0) is 17.3. The summed E-state index contributed by atoms with van der Waals surface area (Å²) in [5, 5.41) is 6.65. The van der Waals surface area contributed by atoms with Crippen LogP contribution in [0.1, 0.15) is 40.4 Å². The van der Waals surface area contributed by atoms with E-state index in [1.54, 1.807) is 31.6 Å². The van der Waals surface area contributed by atoms with Gasteiger partial charge in [0.05, 0.1) is 12.1 Å². The topological polar surface area (TPSA) is 63.2 Å². The zero-order valence-corrected chi connectivity index (χ0v) is 14.4. The number of nitrogens with zero attached hydrogens (tertiary/aromatic N) is 1. The van der Waals surface area contributed by atoms with Crippen molar-refractivity contribution in [3.8, 4) is 0 Å². The molecule has 1 aliphatic carbocycles. The summed E-state index contributed by atoms with van der Waals surface area (Å²) in [5.41, 5.74) is 3.09. The van der Waals surface area contributed by atoms with Gasteiger partial charge in [-0.05, 0) is 49.2 Å². The standard InChI is InChI=1S/C20H23N3O2/c1-25-18-17(23-19(24)14-6-10-21-11-7-14)15-4-2-3-5-16(15)20(18)8-12-22-13-9-20/h2-7,10-11,17-18,22H,8-9,12-13H2,1H3,(H,23,24). The molecular weight excluding hydrogens is 314 g/mol. The van der Waals surface area contributed by atoms with Gasteiger partial charge in [-0.1, -0.05) is 24.3 Å². The third-order valence-corrected chi connectivity index (χ3v) is 5.66. The Hall–Kier alpha value is -2.24. The third kappa shape index (κ3) is 2.64. The first-order chi connectivity index (χ1) is 12.3. The Morgan fingerprint density at radius 3 is 2.64 bits per heavy atom. The molecule has 4 rings (SSSR count). The van der Waals surface area contributed by atoms with Crippen LogP contribution in [0, 0.1) is 0 Å². The first kappa shape index (κ1) is 16.2. The van der Waals surface area contributed by atoms with E-state index in [0.29, 0.717) is 5.56 Å². The van der Waals surface area contributed by atoms with Gasteiger partial charge >= 0.3 is 0 Å². The van der Waals surface area contributed by atoms with E-state index in [1.165, 1.54) is 11.1 Å². The van der Waals surface area contributed by atoms with Crippen LogP contribution in [0.3, 0.4) is 0 Å². The summed E-state index contributed by atoms with van der Waals surface area (Å²) in [6.45, 7) is 1.94. The van der Waals surface area contributed by atoms with Crippen LogP contribution in [-0.4, -0.2) is 37.2 Å². The predicted molar refractivity (Wildman–Crippen MR) is 95.5 cm³/mol. The van der Waals surface area contributed by atoms with Crippen molar-refractivity contribution in [2.75, 3.05) is 20.2 Å². The van der Waals surface area contributed by atoms with E-state index in [0.717, 1.165) is 25.9 Å². The molecule has 1 aromatic carbocycles. The number of fused-ring (bicyclic) bond motifs is 2. The van der Waals surface area contributed by atoms with E-state index in [-0.39, 0.29) is 23.5 Å². The molecule has 1 fully saturated rings. The number of hydrogen-bond donors (Lipinski definition) is 2. The number of hydrogen-bond acceptors (Lipinski definition) is 4. The molecule has 0 radical (unpaired) electrons. The first-order valence-electron chi connectivity index (χ1n) is 8.80. The Morgan fingerprint density at radius 1 is 1.20 bits per heavy atom. The van der Waals surface area contributed by atoms with Crippen molar-refractivity contribution in [1.82, 2.24) is 15.6 Å². The molecule has 1 aliphatic heterocycles. The number of pyridine rings is 1. The van der Waals surface area contributed by atoms with Crippen molar-refractivity contribution >= 4 is 5.91 Å². The molecule has 2 N–H and O–H groups in total. The van der Waals surface area contributed by atoms with E-state index in [9.17, 15) is 4.79 Å². The van der Waals surface area contributed by atoms with Crippen molar-refractivity contribution < 1.29 is 9.53 Å². The maximum atomic E-state index is 12.7. The molecule has 2 aliphatic rings. The molecule has 0 bridgehead atoms. The number of carbonyl (C=O) groups is 1. The van der Waals surface area contributed by atoms with Crippen LogP contribution in [0.25, 0.3) is 0 Å². The van der Waals surface area contributed by atoms with Crippen molar-refractivity contribution in [1.29, 1.82) is 0 Å². The Bertz CT molecular complexity index is 757. The highest BCUT2D eigenvalue weighted by Crippen LogP contribution is 2.51. The fraction of sp³-hybridized carbons (Fsp3) is 0.400. The SMILES string of the molecule is COC1C(NC(=O)c2ccncc2)c2ccccc2C12CCNCC2. The molecule has 0 saturated carbocycles. The van der Waals surface area contributed by atoms with Crippen LogP contribution in [0.2, 0.25) is 0 Å². The second kappa shape index (κ2) is 6.58. The molecule has 1 spiro atoms. The molecule has 130 valence electrons. The Labute approximate surface area is 147 Å². The highest BCUT2D eigenvalue weighted by Gasteiger charge is 2.53. The average Bonchev–Trinajstić information content (AvgIpc) is 2.92. The van der Waals surface area contributed by atoms with Crippen molar-refractivity contribution in [3.63, 3.8) is 0 Å². The molecular formula is C20H23N3O2. The Balaban J connectivity index is 1.71. The fourth-order valence-electron chi connectivity index (χ4n) is 4.53. The third-order valence-electron chi connectivity index (χ3n) is 5.66. The Morgan fingerprint density at radius 2 is 1.92 bits per heavy atom. The first-order valence-corrected chi connectivity index (χ1v) is 8.80. The number of piperidine rings is 1. The number of rotatable bonds is 3. The van der Waals surface area contributed by atoms with E-state index in [1.807, 2.05) is 6.07 Å². The van der Waals surface area contributed by atoms with Gasteiger partial charge in [-0.2, -0.15) is 0 Å². The van der Waals surface area contributed by atoms with Gasteiger partial charge in [0.25, 0.3) is 5.91 Å². The number of amides is 1. The van der Waals surface area contributed by atoms with Crippen LogP contribution in [0.15, 0.2) is 48.8 Å². The van der Waals surface area contributed by atoms with Crippen LogP contribution < -0.4 is 10.6 Å². The molecule has 5 nitrogen and oxygen atoms in total. The fourth-order valence-corrected chi connectivity index (χ4v) is 4.53. The lowest BCUT2D eigenvalue weighted by Crippen LogP contribution is -2.49. The highest BCUT2D eigenvalue weighted by atomic mass is 16.5. The molecule has 2 unspecified atom stereocenters. The maximum absolute atomic E-state index is 12.7. The summed E-state index contributed by atoms with van der Waals surface area (Å²) in [7, 11) is 1.76. The van der Waals surface area contributed by atoms with E-state index < -0.39 is 0 Å². The number of aromatic nitrogens is 1. The molecule has 2 heterocycles. The van der Waals surface area contributed by atoms with Crippen LogP contribution in [0.5, 0.6) is 0 Å². The lowest BCUT2D eigenvalue weighted by Gasteiger charge is -2.40. The van der Waals surface area contributed by atoms with E-state index >= 15 is 0 Å². The minimum Gasteiger partial charge on any atom is -0.378 e. The summed E-state index contributed by atoms with van der Waals surface area (Å²) in [5.74, 6) is -0.0877. The van der Waals surface area contributed by atoms with Gasteiger partial charge in [0.2, 0.25) is 0 Å². The minimum absolute atomic E-state index is 0.0349. The summed E-state index contributed by atoms with van der Waals surface area (Å²) in [6, 6.07) is 11.8. The van der Waals surface area contributed by atoms with Crippen LogP contribution >= 0.6 is 0 Å². The summed E-state index contributed by atoms with van der Waals surface area (Å²) >= 11 is 0. The molecule has 5 heteroatoms. The second-order valence-corrected chi connectivity index (χ2v) is 6.84. The molecule has 1 saturated heterocycles. The van der Waals surface area contributed by atoms with Crippen LogP contribution in [-0.2, 0) is 10.2 Å². The maximum Gasteiger partial charge on any atom is 0.251 e. The number of nitrogens with one attached hydrogen (secondary N) is 2. The number of ether oxygens (including phenoxy) is 1. The predicted octanol–water partition coefficient (Wildman–Crippen LogP) is 2.20. The van der Waals surface area contributed by atoms with E-state index in [4.69, 9.17) is 4.74 Å². The van der Waals surface area contributed by atoms with E-state index in [2.05, 4.69) is 33.8 Å². The average molecular weight is 337 g/mol. The lowest BCUT2D eigenvalue weighted by atomic mass is 9.72. The van der Waals surface area contributed by atoms with Gasteiger partial charge in [0, 0.05) is 30.5 Å². The Kier molecular flexibility index (Phi) is 4.27. The zero-order valence-electron chi connectivity index (χ0n) is 14.4. The molecule has 2 aromatic rings. The minimum atomic E-state index is -0.139. The van der Waals surface area contributed by atoms with Crippen molar-refractivity contribution in [3.05, 3.63) is 65.5 Å². The molecule has 1 amide bonds. The van der Waals surface area contributed by atoms with Gasteiger partial charge in [-0.15, -0.1) is 0 Å². The molecule has 25 heavy (non-hydrogen) atoms. The monoisotopic (exact) mass is 337 g/mol. The molecule has 2 atom stereocenters. The second-order valence-electron chi connectivity index (χ2n) is 6.84. The van der Waals surface area contributed by atoms with Gasteiger partial charge in [-0.3, -0.25) is 9.78 Å². The lowest BCUT2D eigenvalue weighted by molar-refractivity contribution is 0.00397. The number of carbonyl (C=O) groups excluding carboxylic acids is 1.